The zero-order valence-corrected chi connectivity index (χ0v) is 13.8. The molecule has 5 rings (SSSR count). The third-order valence-electron chi connectivity index (χ3n) is 4.96. The molecular formula is C20H18N2S. The van der Waals surface area contributed by atoms with Crippen LogP contribution >= 0.6 is 11.3 Å². The van der Waals surface area contributed by atoms with Gasteiger partial charge in [0.15, 0.2) is 5.13 Å². The van der Waals surface area contributed by atoms with Crippen molar-refractivity contribution in [2.24, 2.45) is 0 Å². The molecule has 0 N–H and O–H groups in total. The minimum Gasteiger partial charge on any atom is -0.348 e. The van der Waals surface area contributed by atoms with Gasteiger partial charge in [0.2, 0.25) is 0 Å². The first-order valence-corrected chi connectivity index (χ1v) is 9.18. The largest absolute Gasteiger partial charge is 0.348 e. The van der Waals surface area contributed by atoms with Crippen LogP contribution in [-0.4, -0.2) is 18.1 Å². The Morgan fingerprint density at radius 2 is 1.74 bits per heavy atom. The van der Waals surface area contributed by atoms with Gasteiger partial charge < -0.3 is 4.90 Å². The third-order valence-corrected chi connectivity index (χ3v) is 5.86. The summed E-state index contributed by atoms with van der Waals surface area (Å²) in [5.41, 5.74) is 8.00. The van der Waals surface area contributed by atoms with Gasteiger partial charge in [-0.2, -0.15) is 0 Å². The fourth-order valence-electron chi connectivity index (χ4n) is 3.73. The van der Waals surface area contributed by atoms with E-state index in [1.807, 2.05) is 0 Å². The molecule has 0 bridgehead atoms. The maximum atomic E-state index is 4.89. The second kappa shape index (κ2) is 5.20. The number of rotatable bonds is 2. The maximum Gasteiger partial charge on any atom is 0.185 e. The highest BCUT2D eigenvalue weighted by molar-refractivity contribution is 7.14. The first kappa shape index (κ1) is 13.3. The van der Waals surface area contributed by atoms with E-state index in [1.165, 1.54) is 45.8 Å². The van der Waals surface area contributed by atoms with Crippen molar-refractivity contribution in [2.45, 2.75) is 19.3 Å². The van der Waals surface area contributed by atoms with Crippen LogP contribution < -0.4 is 4.90 Å². The molecule has 2 aromatic carbocycles. The van der Waals surface area contributed by atoms with E-state index in [9.17, 15) is 0 Å². The molecular weight excluding hydrogens is 300 g/mol. The molecule has 3 aromatic rings. The molecule has 0 amide bonds. The summed E-state index contributed by atoms with van der Waals surface area (Å²) in [7, 11) is 0. The van der Waals surface area contributed by atoms with Gasteiger partial charge >= 0.3 is 0 Å². The molecule has 114 valence electrons. The molecule has 2 heterocycles. The Morgan fingerprint density at radius 1 is 0.913 bits per heavy atom. The lowest BCUT2D eigenvalue weighted by atomic mass is 10.0. The minimum atomic E-state index is 1.06. The highest BCUT2D eigenvalue weighted by Gasteiger charge is 2.20. The van der Waals surface area contributed by atoms with Gasteiger partial charge in [0.1, 0.15) is 0 Å². The number of hydrogen-bond donors (Lipinski definition) is 0. The van der Waals surface area contributed by atoms with Crippen molar-refractivity contribution >= 4 is 16.5 Å². The van der Waals surface area contributed by atoms with E-state index in [2.05, 4.69) is 52.7 Å². The zero-order valence-electron chi connectivity index (χ0n) is 13.0. The van der Waals surface area contributed by atoms with Crippen LogP contribution in [0.5, 0.6) is 0 Å². The Balaban J connectivity index is 1.53. The fraction of sp³-hybridized carbons (Fsp3) is 0.250. The van der Waals surface area contributed by atoms with Crippen molar-refractivity contribution < 1.29 is 0 Å². The number of aromatic nitrogens is 1. The normalized spacial score (nSPS) is 15.7. The number of fused-ring (bicyclic) bond motifs is 3. The summed E-state index contributed by atoms with van der Waals surface area (Å²) >= 11 is 1.78. The van der Waals surface area contributed by atoms with Gasteiger partial charge in [-0.25, -0.2) is 4.98 Å². The highest BCUT2D eigenvalue weighted by atomic mass is 32.1. The van der Waals surface area contributed by atoms with Crippen LogP contribution in [-0.2, 0) is 6.42 Å². The van der Waals surface area contributed by atoms with Crippen LogP contribution in [0.4, 0.5) is 5.13 Å². The smallest absolute Gasteiger partial charge is 0.185 e. The molecule has 1 aliphatic carbocycles. The molecule has 0 spiro atoms. The van der Waals surface area contributed by atoms with E-state index in [4.69, 9.17) is 4.98 Å². The first-order valence-electron chi connectivity index (χ1n) is 8.30. The van der Waals surface area contributed by atoms with E-state index < -0.39 is 0 Å². The van der Waals surface area contributed by atoms with E-state index in [0.29, 0.717) is 0 Å². The Bertz CT molecular complexity index is 875. The minimum absolute atomic E-state index is 1.06. The van der Waals surface area contributed by atoms with Crippen LogP contribution in [0, 0.1) is 0 Å². The zero-order chi connectivity index (χ0) is 15.2. The number of thiazole rings is 1. The van der Waals surface area contributed by atoms with E-state index in [-0.39, 0.29) is 0 Å². The lowest BCUT2D eigenvalue weighted by Gasteiger charge is -2.12. The van der Waals surface area contributed by atoms with Crippen LogP contribution in [0.15, 0.2) is 47.8 Å². The average Bonchev–Trinajstić information content (AvgIpc) is 3.32. The summed E-state index contributed by atoms with van der Waals surface area (Å²) in [5.74, 6) is 0. The second-order valence-electron chi connectivity index (χ2n) is 6.42. The van der Waals surface area contributed by atoms with Gasteiger partial charge in [0, 0.05) is 24.0 Å². The van der Waals surface area contributed by atoms with Crippen LogP contribution in [0.2, 0.25) is 0 Å². The SMILES string of the molecule is c1ccc2c(c1)Cc1ccc(-c3csc(N4CCCC4)n3)cc1-2. The molecule has 1 saturated heterocycles. The predicted octanol–water partition coefficient (Wildman–Crippen LogP) is 4.98. The summed E-state index contributed by atoms with van der Waals surface area (Å²) in [4.78, 5) is 7.30. The molecule has 1 aliphatic heterocycles. The molecule has 0 unspecified atom stereocenters. The average molecular weight is 318 g/mol. The molecule has 2 aliphatic rings. The Kier molecular flexibility index (Phi) is 3.01. The molecule has 2 nitrogen and oxygen atoms in total. The van der Waals surface area contributed by atoms with Crippen molar-refractivity contribution in [3.63, 3.8) is 0 Å². The standard InChI is InChI=1S/C20H18N2S/c1-2-6-17-14(5-1)11-15-7-8-16(12-18(15)17)19-13-23-20(21-19)22-9-3-4-10-22/h1-2,5-8,12-13H,3-4,9-11H2. The number of anilines is 1. The van der Waals surface area contributed by atoms with Crippen LogP contribution in [0.3, 0.4) is 0 Å². The Hall–Kier alpha value is -2.13. The van der Waals surface area contributed by atoms with Crippen molar-refractivity contribution in [3.8, 4) is 22.4 Å². The maximum absolute atomic E-state index is 4.89. The number of hydrogen-bond acceptors (Lipinski definition) is 3. The van der Waals surface area contributed by atoms with Crippen molar-refractivity contribution in [1.82, 2.24) is 4.98 Å². The molecule has 0 saturated carbocycles. The van der Waals surface area contributed by atoms with Gasteiger partial charge in [-0.3, -0.25) is 0 Å². The van der Waals surface area contributed by atoms with E-state index in [0.717, 1.165) is 25.2 Å². The monoisotopic (exact) mass is 318 g/mol. The number of benzene rings is 2. The van der Waals surface area contributed by atoms with E-state index in [1.54, 1.807) is 11.3 Å². The summed E-state index contributed by atoms with van der Waals surface area (Å²) in [6.45, 7) is 2.31. The molecule has 1 aromatic heterocycles. The Labute approximate surface area is 140 Å². The topological polar surface area (TPSA) is 16.1 Å². The predicted molar refractivity (Wildman–Crippen MR) is 97.2 cm³/mol. The fourth-order valence-corrected chi connectivity index (χ4v) is 4.62. The lowest BCUT2D eigenvalue weighted by Crippen LogP contribution is -2.17. The Morgan fingerprint density at radius 3 is 2.65 bits per heavy atom. The highest BCUT2D eigenvalue weighted by Crippen LogP contribution is 2.39. The van der Waals surface area contributed by atoms with Crippen molar-refractivity contribution in [3.05, 3.63) is 59.0 Å². The van der Waals surface area contributed by atoms with Crippen molar-refractivity contribution in [1.29, 1.82) is 0 Å². The third kappa shape index (κ3) is 2.19. The van der Waals surface area contributed by atoms with Crippen LogP contribution in [0.1, 0.15) is 24.0 Å². The van der Waals surface area contributed by atoms with Gasteiger partial charge in [-0.15, -0.1) is 11.3 Å². The van der Waals surface area contributed by atoms with Gasteiger partial charge in [-0.05, 0) is 47.6 Å². The number of nitrogens with zero attached hydrogens (tertiary/aromatic N) is 2. The van der Waals surface area contributed by atoms with Crippen molar-refractivity contribution in [2.75, 3.05) is 18.0 Å². The summed E-state index contributed by atoms with van der Waals surface area (Å²) < 4.78 is 0. The van der Waals surface area contributed by atoms with Gasteiger partial charge in [-0.1, -0.05) is 36.4 Å². The summed E-state index contributed by atoms with van der Waals surface area (Å²) in [5, 5.41) is 3.38. The van der Waals surface area contributed by atoms with E-state index >= 15 is 0 Å². The molecule has 3 heteroatoms. The van der Waals surface area contributed by atoms with Gasteiger partial charge in [0.05, 0.1) is 5.69 Å². The second-order valence-corrected chi connectivity index (χ2v) is 7.25. The van der Waals surface area contributed by atoms with Crippen LogP contribution in [0.25, 0.3) is 22.4 Å². The molecule has 0 atom stereocenters. The molecule has 0 radical (unpaired) electrons. The van der Waals surface area contributed by atoms with Gasteiger partial charge in [0.25, 0.3) is 0 Å². The lowest BCUT2D eigenvalue weighted by molar-refractivity contribution is 0.949. The quantitative estimate of drug-likeness (QED) is 0.518. The first-order chi connectivity index (χ1) is 11.4. The molecule has 1 fully saturated rings. The molecule has 23 heavy (non-hydrogen) atoms. The summed E-state index contributed by atoms with van der Waals surface area (Å²) in [6, 6.07) is 15.6. The summed E-state index contributed by atoms with van der Waals surface area (Å²) in [6.07, 6.45) is 3.65.